The van der Waals surface area contributed by atoms with Crippen molar-refractivity contribution in [3.8, 4) is 16.9 Å². The summed E-state index contributed by atoms with van der Waals surface area (Å²) in [6, 6.07) is 10.2. The van der Waals surface area contributed by atoms with Crippen LogP contribution in [-0.2, 0) is 6.54 Å². The molecule has 4 aromatic rings. The average Bonchev–Trinajstić information content (AvgIpc) is 3.23. The molecule has 4 rings (SSSR count). The minimum absolute atomic E-state index is 0.0404. The second-order valence-corrected chi connectivity index (χ2v) is 6.80. The fraction of sp³-hybridized carbons (Fsp3) is 0.227. The highest BCUT2D eigenvalue weighted by Crippen LogP contribution is 2.34. The van der Waals surface area contributed by atoms with E-state index in [1.54, 1.807) is 19.2 Å². The molecule has 6 nitrogen and oxygen atoms in total. The maximum atomic E-state index is 13.3. The quantitative estimate of drug-likeness (QED) is 0.510. The van der Waals surface area contributed by atoms with Crippen molar-refractivity contribution in [2.75, 3.05) is 12.4 Å². The molecule has 0 aliphatic carbocycles. The monoisotopic (exact) mass is 391 g/mol. The van der Waals surface area contributed by atoms with Crippen LogP contribution in [0.2, 0.25) is 0 Å². The molecule has 29 heavy (non-hydrogen) atoms. The Labute approximate surface area is 168 Å². The van der Waals surface area contributed by atoms with Crippen molar-refractivity contribution >= 4 is 16.7 Å². The van der Waals surface area contributed by atoms with E-state index < -0.39 is 0 Å². The summed E-state index contributed by atoms with van der Waals surface area (Å²) in [4.78, 5) is 13.3. The van der Waals surface area contributed by atoms with E-state index in [9.17, 15) is 4.39 Å². The second-order valence-electron chi connectivity index (χ2n) is 6.80. The number of benzene rings is 2. The van der Waals surface area contributed by atoms with Gasteiger partial charge in [0, 0.05) is 18.1 Å². The fourth-order valence-electron chi connectivity index (χ4n) is 3.27. The lowest BCUT2D eigenvalue weighted by atomic mass is 10.0. The number of imidazole rings is 1. The minimum atomic E-state index is -0.271. The van der Waals surface area contributed by atoms with Crippen LogP contribution in [0, 0.1) is 5.82 Å². The van der Waals surface area contributed by atoms with Crippen molar-refractivity contribution in [2.24, 2.45) is 0 Å². The molecule has 0 aliphatic heterocycles. The molecule has 2 aromatic heterocycles. The van der Waals surface area contributed by atoms with E-state index in [1.807, 2.05) is 36.1 Å². The van der Waals surface area contributed by atoms with Gasteiger partial charge in [0.2, 0.25) is 0 Å². The molecule has 0 bridgehead atoms. The standard InChI is InChI=1S/C22H22FN5O/c1-4-28-11-19(26-13-28)14(2)27-22-18-9-16(15-5-7-17(23)8-6-15)10-20(29-3)21(18)24-12-25-22/h5-14H,4H2,1-3H3,(H,24,25,27). The fourth-order valence-corrected chi connectivity index (χ4v) is 3.27. The first-order chi connectivity index (χ1) is 14.1. The maximum absolute atomic E-state index is 13.3. The lowest BCUT2D eigenvalue weighted by Gasteiger charge is -2.16. The number of aromatic nitrogens is 4. The van der Waals surface area contributed by atoms with Gasteiger partial charge in [-0.2, -0.15) is 0 Å². The summed E-state index contributed by atoms with van der Waals surface area (Å²) in [5.74, 6) is 1.05. The molecule has 0 saturated carbocycles. The number of methoxy groups -OCH3 is 1. The molecule has 2 heterocycles. The molecule has 1 unspecified atom stereocenters. The van der Waals surface area contributed by atoms with Crippen molar-refractivity contribution in [1.29, 1.82) is 0 Å². The maximum Gasteiger partial charge on any atom is 0.145 e. The van der Waals surface area contributed by atoms with Crippen LogP contribution >= 0.6 is 0 Å². The lowest BCUT2D eigenvalue weighted by molar-refractivity contribution is 0.419. The van der Waals surface area contributed by atoms with Gasteiger partial charge in [0.15, 0.2) is 0 Å². The summed E-state index contributed by atoms with van der Waals surface area (Å²) >= 11 is 0. The van der Waals surface area contributed by atoms with Gasteiger partial charge in [-0.3, -0.25) is 0 Å². The van der Waals surface area contributed by atoms with Crippen molar-refractivity contribution in [3.63, 3.8) is 0 Å². The number of rotatable bonds is 6. The molecule has 0 saturated heterocycles. The second kappa shape index (κ2) is 7.87. The van der Waals surface area contributed by atoms with Crippen LogP contribution < -0.4 is 10.1 Å². The van der Waals surface area contributed by atoms with Crippen LogP contribution in [-0.4, -0.2) is 26.6 Å². The topological polar surface area (TPSA) is 64.9 Å². The summed E-state index contributed by atoms with van der Waals surface area (Å²) in [5, 5.41) is 4.26. The summed E-state index contributed by atoms with van der Waals surface area (Å²) in [6.45, 7) is 4.98. The molecule has 7 heteroatoms. The molecule has 1 N–H and O–H groups in total. The lowest BCUT2D eigenvalue weighted by Crippen LogP contribution is -2.09. The van der Waals surface area contributed by atoms with Crippen LogP contribution in [0.15, 0.2) is 55.2 Å². The third-order valence-electron chi connectivity index (χ3n) is 4.92. The zero-order chi connectivity index (χ0) is 20.4. The number of nitrogens with zero attached hydrogens (tertiary/aromatic N) is 4. The van der Waals surface area contributed by atoms with Crippen molar-refractivity contribution in [2.45, 2.75) is 26.4 Å². The molecular weight excluding hydrogens is 369 g/mol. The summed E-state index contributed by atoms with van der Waals surface area (Å²) < 4.78 is 20.9. The van der Waals surface area contributed by atoms with Crippen LogP contribution in [0.5, 0.6) is 5.75 Å². The van der Waals surface area contributed by atoms with Crippen LogP contribution in [0.4, 0.5) is 10.2 Å². The number of halogens is 1. The number of hydrogen-bond acceptors (Lipinski definition) is 5. The molecule has 0 spiro atoms. The molecule has 0 radical (unpaired) electrons. The average molecular weight is 391 g/mol. The van der Waals surface area contributed by atoms with E-state index in [4.69, 9.17) is 4.74 Å². The molecule has 2 aromatic carbocycles. The highest BCUT2D eigenvalue weighted by molar-refractivity contribution is 5.96. The van der Waals surface area contributed by atoms with E-state index in [0.717, 1.165) is 28.8 Å². The van der Waals surface area contributed by atoms with Gasteiger partial charge >= 0.3 is 0 Å². The van der Waals surface area contributed by atoms with Crippen LogP contribution in [0.3, 0.4) is 0 Å². The van der Waals surface area contributed by atoms with E-state index in [0.29, 0.717) is 17.1 Å². The van der Waals surface area contributed by atoms with Crippen molar-refractivity contribution in [1.82, 2.24) is 19.5 Å². The van der Waals surface area contributed by atoms with Gasteiger partial charge in [-0.1, -0.05) is 12.1 Å². The van der Waals surface area contributed by atoms with Gasteiger partial charge in [0.25, 0.3) is 0 Å². The van der Waals surface area contributed by atoms with Crippen molar-refractivity contribution < 1.29 is 9.13 Å². The predicted octanol–water partition coefficient (Wildman–Crippen LogP) is 4.83. The minimum Gasteiger partial charge on any atom is -0.494 e. The number of ether oxygens (including phenoxy) is 1. The van der Waals surface area contributed by atoms with Crippen LogP contribution in [0.1, 0.15) is 25.6 Å². The summed E-state index contributed by atoms with van der Waals surface area (Å²) in [6.07, 6.45) is 5.36. The first-order valence-corrected chi connectivity index (χ1v) is 9.46. The van der Waals surface area contributed by atoms with E-state index >= 15 is 0 Å². The molecule has 0 amide bonds. The summed E-state index contributed by atoms with van der Waals surface area (Å²) in [5.41, 5.74) is 3.42. The first-order valence-electron chi connectivity index (χ1n) is 9.46. The smallest absolute Gasteiger partial charge is 0.145 e. The Kier molecular flexibility index (Phi) is 5.12. The van der Waals surface area contributed by atoms with E-state index in [2.05, 4.69) is 27.2 Å². The van der Waals surface area contributed by atoms with Gasteiger partial charge in [-0.05, 0) is 49.2 Å². The third-order valence-corrected chi connectivity index (χ3v) is 4.92. The zero-order valence-corrected chi connectivity index (χ0v) is 16.6. The number of hydrogen-bond donors (Lipinski definition) is 1. The van der Waals surface area contributed by atoms with Gasteiger partial charge in [-0.25, -0.2) is 19.3 Å². The molecule has 148 valence electrons. The molecular formula is C22H22FN5O. The van der Waals surface area contributed by atoms with Gasteiger partial charge in [-0.15, -0.1) is 0 Å². The highest BCUT2D eigenvalue weighted by atomic mass is 19.1. The molecule has 0 aliphatic rings. The Balaban J connectivity index is 1.77. The Morgan fingerprint density at radius 3 is 2.59 bits per heavy atom. The first kappa shape index (κ1) is 18.9. The van der Waals surface area contributed by atoms with Gasteiger partial charge in [0.1, 0.15) is 29.2 Å². The van der Waals surface area contributed by atoms with Crippen molar-refractivity contribution in [3.05, 3.63) is 66.8 Å². The number of fused-ring (bicyclic) bond motifs is 1. The van der Waals surface area contributed by atoms with Gasteiger partial charge in [0.05, 0.1) is 25.2 Å². The highest BCUT2D eigenvalue weighted by Gasteiger charge is 2.15. The SMILES string of the molecule is CCn1cnc(C(C)Nc2ncnc3c(OC)cc(-c4ccc(F)cc4)cc23)c1. The Morgan fingerprint density at radius 1 is 1.10 bits per heavy atom. The molecule has 1 atom stereocenters. The summed E-state index contributed by atoms with van der Waals surface area (Å²) in [7, 11) is 1.61. The Hall–Kier alpha value is -3.48. The Bertz CT molecular complexity index is 1140. The normalized spacial score (nSPS) is 12.1. The van der Waals surface area contributed by atoms with E-state index in [1.165, 1.54) is 18.5 Å². The molecule has 0 fully saturated rings. The number of nitrogens with one attached hydrogen (secondary N) is 1. The predicted molar refractivity (Wildman–Crippen MR) is 111 cm³/mol. The largest absolute Gasteiger partial charge is 0.494 e. The third kappa shape index (κ3) is 3.76. The Morgan fingerprint density at radius 2 is 1.90 bits per heavy atom. The zero-order valence-electron chi connectivity index (χ0n) is 16.6. The van der Waals surface area contributed by atoms with E-state index in [-0.39, 0.29) is 11.9 Å². The van der Waals surface area contributed by atoms with Gasteiger partial charge < -0.3 is 14.6 Å². The number of anilines is 1. The number of aryl methyl sites for hydroxylation is 1. The van der Waals surface area contributed by atoms with Crippen LogP contribution in [0.25, 0.3) is 22.0 Å².